The van der Waals surface area contributed by atoms with Crippen molar-refractivity contribution in [3.63, 3.8) is 0 Å². The van der Waals surface area contributed by atoms with Crippen molar-refractivity contribution in [3.8, 4) is 0 Å². The number of aromatic nitrogens is 1. The molecular weight excluding hydrogens is 266 g/mol. The lowest BCUT2D eigenvalue weighted by Crippen LogP contribution is -1.93. The number of alkyl halides is 1. The second-order valence-electron chi connectivity index (χ2n) is 4.24. The van der Waals surface area contributed by atoms with E-state index in [0.717, 1.165) is 28.3 Å². The Morgan fingerprint density at radius 1 is 1.39 bits per heavy atom. The van der Waals surface area contributed by atoms with E-state index >= 15 is 0 Å². The number of hydrogen-bond acceptors (Lipinski definition) is 3. The van der Waals surface area contributed by atoms with E-state index in [0.29, 0.717) is 0 Å². The quantitative estimate of drug-likeness (QED) is 0.648. The number of fused-ring (bicyclic) bond motifs is 1. The average Bonchev–Trinajstić information content (AvgIpc) is 2.94. The van der Waals surface area contributed by atoms with Gasteiger partial charge in [0.1, 0.15) is 5.76 Å². The van der Waals surface area contributed by atoms with Crippen molar-refractivity contribution in [1.82, 2.24) is 4.98 Å². The molecule has 0 aliphatic carbocycles. The third-order valence-corrected chi connectivity index (χ3v) is 4.27. The van der Waals surface area contributed by atoms with Crippen molar-refractivity contribution in [2.75, 3.05) is 0 Å². The first-order valence-corrected chi connectivity index (χ1v) is 7.01. The normalized spacial score (nSPS) is 13.0. The second-order valence-corrected chi connectivity index (χ2v) is 5.88. The highest BCUT2D eigenvalue weighted by atomic mass is 35.5. The second kappa shape index (κ2) is 4.75. The van der Waals surface area contributed by atoms with E-state index in [1.54, 1.807) is 17.6 Å². The number of halogens is 1. The Morgan fingerprint density at radius 2 is 2.22 bits per heavy atom. The van der Waals surface area contributed by atoms with Crippen molar-refractivity contribution in [2.24, 2.45) is 0 Å². The van der Waals surface area contributed by atoms with Gasteiger partial charge < -0.3 is 4.42 Å². The number of furan rings is 1. The van der Waals surface area contributed by atoms with Crippen molar-refractivity contribution >= 4 is 33.2 Å². The van der Waals surface area contributed by atoms with Crippen LogP contribution in [0.5, 0.6) is 0 Å². The molecule has 92 valence electrons. The van der Waals surface area contributed by atoms with E-state index < -0.39 is 0 Å². The maximum atomic E-state index is 6.39. The number of benzene rings is 1. The Hall–Kier alpha value is -1.32. The fourth-order valence-corrected chi connectivity index (χ4v) is 3.27. The standard InChI is InChI=1S/C14H12ClNOS/c1-9-6-10(8-17-9)11(15)7-14-16-12-4-2-3-5-13(12)18-14/h2-6,8,11H,7H2,1H3. The van der Waals surface area contributed by atoms with Gasteiger partial charge in [0.05, 0.1) is 26.9 Å². The molecule has 0 aliphatic rings. The van der Waals surface area contributed by atoms with E-state index in [1.807, 2.05) is 31.2 Å². The molecule has 1 atom stereocenters. The lowest BCUT2D eigenvalue weighted by atomic mass is 10.2. The zero-order valence-electron chi connectivity index (χ0n) is 9.89. The van der Waals surface area contributed by atoms with Crippen LogP contribution in [0.4, 0.5) is 0 Å². The van der Waals surface area contributed by atoms with Crippen LogP contribution in [0.2, 0.25) is 0 Å². The van der Waals surface area contributed by atoms with Crippen LogP contribution in [-0.4, -0.2) is 4.98 Å². The smallest absolute Gasteiger partial charge is 0.101 e. The molecule has 0 bridgehead atoms. The van der Waals surface area contributed by atoms with Crippen LogP contribution in [0.25, 0.3) is 10.2 Å². The molecule has 4 heteroatoms. The monoisotopic (exact) mass is 277 g/mol. The van der Waals surface area contributed by atoms with E-state index in [9.17, 15) is 0 Å². The molecular formula is C14H12ClNOS. The van der Waals surface area contributed by atoms with E-state index in [2.05, 4.69) is 11.1 Å². The van der Waals surface area contributed by atoms with Crippen LogP contribution in [0.1, 0.15) is 21.7 Å². The molecule has 0 saturated carbocycles. The van der Waals surface area contributed by atoms with Gasteiger partial charge in [-0.05, 0) is 25.1 Å². The number of hydrogen-bond donors (Lipinski definition) is 0. The van der Waals surface area contributed by atoms with Crippen molar-refractivity contribution in [1.29, 1.82) is 0 Å². The fourth-order valence-electron chi connectivity index (χ4n) is 1.91. The summed E-state index contributed by atoms with van der Waals surface area (Å²) in [6, 6.07) is 10.1. The zero-order chi connectivity index (χ0) is 12.5. The minimum Gasteiger partial charge on any atom is -0.469 e. The molecule has 0 spiro atoms. The minimum atomic E-state index is -0.0805. The highest BCUT2D eigenvalue weighted by molar-refractivity contribution is 7.18. The summed E-state index contributed by atoms with van der Waals surface area (Å²) in [6.07, 6.45) is 2.46. The summed E-state index contributed by atoms with van der Waals surface area (Å²) in [5.74, 6) is 0.889. The van der Waals surface area contributed by atoms with Crippen LogP contribution < -0.4 is 0 Å². The fraction of sp³-hybridized carbons (Fsp3) is 0.214. The largest absolute Gasteiger partial charge is 0.469 e. The Labute approximate surface area is 114 Å². The van der Waals surface area contributed by atoms with Gasteiger partial charge in [-0.3, -0.25) is 0 Å². The molecule has 3 aromatic rings. The predicted molar refractivity (Wildman–Crippen MR) is 75.4 cm³/mol. The van der Waals surface area contributed by atoms with Gasteiger partial charge in [-0.15, -0.1) is 22.9 Å². The lowest BCUT2D eigenvalue weighted by molar-refractivity contribution is 0.531. The molecule has 0 saturated heterocycles. The first-order valence-electron chi connectivity index (χ1n) is 5.76. The predicted octanol–water partition coefficient (Wildman–Crippen LogP) is 4.72. The first kappa shape index (κ1) is 11.8. The molecule has 0 N–H and O–H groups in total. The number of para-hydroxylation sites is 1. The summed E-state index contributed by atoms with van der Waals surface area (Å²) >= 11 is 8.09. The van der Waals surface area contributed by atoms with Crippen molar-refractivity contribution < 1.29 is 4.42 Å². The van der Waals surface area contributed by atoms with Crippen LogP contribution in [0.3, 0.4) is 0 Å². The van der Waals surface area contributed by atoms with Gasteiger partial charge >= 0.3 is 0 Å². The third-order valence-electron chi connectivity index (χ3n) is 2.80. The maximum absolute atomic E-state index is 6.39. The van der Waals surface area contributed by atoms with E-state index in [-0.39, 0.29) is 5.38 Å². The summed E-state index contributed by atoms with van der Waals surface area (Å²) in [5.41, 5.74) is 2.07. The molecule has 2 aromatic heterocycles. The number of nitrogens with zero attached hydrogens (tertiary/aromatic N) is 1. The minimum absolute atomic E-state index is 0.0805. The average molecular weight is 278 g/mol. The Balaban J connectivity index is 1.83. The van der Waals surface area contributed by atoms with Gasteiger partial charge in [0.2, 0.25) is 0 Å². The summed E-state index contributed by atoms with van der Waals surface area (Å²) in [5, 5.41) is 0.984. The van der Waals surface area contributed by atoms with E-state index in [4.69, 9.17) is 16.0 Å². The highest BCUT2D eigenvalue weighted by Gasteiger charge is 2.14. The first-order chi connectivity index (χ1) is 8.72. The molecule has 0 fully saturated rings. The Morgan fingerprint density at radius 3 is 2.94 bits per heavy atom. The molecule has 0 amide bonds. The van der Waals surface area contributed by atoms with E-state index in [1.165, 1.54) is 4.70 Å². The Kier molecular flexibility index (Phi) is 3.10. The molecule has 1 unspecified atom stereocenters. The topological polar surface area (TPSA) is 26.0 Å². The molecule has 0 radical (unpaired) electrons. The molecule has 2 nitrogen and oxygen atoms in total. The number of rotatable bonds is 3. The van der Waals surface area contributed by atoms with Crippen molar-refractivity contribution in [2.45, 2.75) is 18.7 Å². The highest BCUT2D eigenvalue weighted by Crippen LogP contribution is 2.30. The Bertz CT molecular complexity index is 640. The molecule has 2 heterocycles. The maximum Gasteiger partial charge on any atom is 0.101 e. The van der Waals surface area contributed by atoms with Gasteiger partial charge in [0.15, 0.2) is 0 Å². The van der Waals surface area contributed by atoms with Gasteiger partial charge in [-0.2, -0.15) is 0 Å². The zero-order valence-corrected chi connectivity index (χ0v) is 11.5. The summed E-state index contributed by atoms with van der Waals surface area (Å²) in [7, 11) is 0. The molecule has 3 rings (SSSR count). The SMILES string of the molecule is Cc1cc(C(Cl)Cc2nc3ccccc3s2)co1. The molecule has 0 aliphatic heterocycles. The van der Waals surface area contributed by atoms with Crippen molar-refractivity contribution in [3.05, 3.63) is 52.9 Å². The summed E-state index contributed by atoms with van der Waals surface area (Å²) in [6.45, 7) is 1.92. The number of thiazole rings is 1. The van der Waals surface area contributed by atoms with Gasteiger partial charge in [0.25, 0.3) is 0 Å². The van der Waals surface area contributed by atoms with Crippen LogP contribution >= 0.6 is 22.9 Å². The van der Waals surface area contributed by atoms with Gasteiger partial charge in [0, 0.05) is 12.0 Å². The summed E-state index contributed by atoms with van der Waals surface area (Å²) in [4.78, 5) is 4.59. The van der Waals surface area contributed by atoms with Crippen LogP contribution in [0, 0.1) is 6.92 Å². The summed E-state index contributed by atoms with van der Waals surface area (Å²) < 4.78 is 6.49. The molecule has 1 aromatic carbocycles. The van der Waals surface area contributed by atoms with Gasteiger partial charge in [-0.1, -0.05) is 12.1 Å². The van der Waals surface area contributed by atoms with Crippen LogP contribution in [-0.2, 0) is 6.42 Å². The van der Waals surface area contributed by atoms with Crippen LogP contribution in [0.15, 0.2) is 41.0 Å². The third kappa shape index (κ3) is 2.28. The molecule has 18 heavy (non-hydrogen) atoms. The number of aryl methyl sites for hydroxylation is 1. The van der Waals surface area contributed by atoms with Gasteiger partial charge in [-0.25, -0.2) is 4.98 Å². The lowest BCUT2D eigenvalue weighted by Gasteiger charge is -2.02.